The van der Waals surface area contributed by atoms with Crippen LogP contribution in [0.4, 0.5) is 0 Å². The summed E-state index contributed by atoms with van der Waals surface area (Å²) < 4.78 is 11.0. The highest BCUT2D eigenvalue weighted by atomic mass is 16.5. The SMILES string of the molecule is CCOc1ccc(C(=O)CCC(=O)N2CC[NH+](Cc3ccc4c(c3)CCO4)CC2)cc1. The fraction of sp³-hybridized carbons (Fsp3) is 0.440. The maximum Gasteiger partial charge on any atom is 0.223 e. The van der Waals surface area contributed by atoms with Gasteiger partial charge in [-0.25, -0.2) is 0 Å². The lowest BCUT2D eigenvalue weighted by atomic mass is 10.1. The minimum atomic E-state index is 0.00116. The van der Waals surface area contributed by atoms with Crippen molar-refractivity contribution in [3.8, 4) is 11.5 Å². The normalized spacial score (nSPS) is 16.0. The van der Waals surface area contributed by atoms with Gasteiger partial charge in [-0.1, -0.05) is 0 Å². The van der Waals surface area contributed by atoms with E-state index in [0.717, 1.165) is 57.3 Å². The van der Waals surface area contributed by atoms with Crippen molar-refractivity contribution in [3.05, 3.63) is 59.2 Å². The highest BCUT2D eigenvalue weighted by molar-refractivity contribution is 5.98. The average Bonchev–Trinajstić information content (AvgIpc) is 3.26. The molecule has 0 aliphatic carbocycles. The second-order valence-corrected chi connectivity index (χ2v) is 8.23. The average molecular weight is 424 g/mol. The van der Waals surface area contributed by atoms with Gasteiger partial charge >= 0.3 is 0 Å². The molecule has 6 nitrogen and oxygen atoms in total. The Kier molecular flexibility index (Phi) is 6.87. The number of hydrogen-bond acceptors (Lipinski definition) is 4. The number of piperazine rings is 1. The summed E-state index contributed by atoms with van der Waals surface area (Å²) >= 11 is 0. The van der Waals surface area contributed by atoms with Crippen molar-refractivity contribution in [2.45, 2.75) is 32.7 Å². The molecule has 4 rings (SSSR count). The first-order chi connectivity index (χ1) is 15.1. The molecule has 0 radical (unpaired) electrons. The number of fused-ring (bicyclic) bond motifs is 1. The Labute approximate surface area is 183 Å². The van der Waals surface area contributed by atoms with Crippen molar-refractivity contribution in [2.24, 2.45) is 0 Å². The first kappa shape index (κ1) is 21.4. The van der Waals surface area contributed by atoms with Crippen LogP contribution >= 0.6 is 0 Å². The molecule has 0 unspecified atom stereocenters. The third kappa shape index (κ3) is 5.44. The van der Waals surface area contributed by atoms with Crippen molar-refractivity contribution in [1.29, 1.82) is 0 Å². The number of carbonyl (C=O) groups excluding carboxylic acids is 2. The zero-order valence-corrected chi connectivity index (χ0v) is 18.2. The topological polar surface area (TPSA) is 60.3 Å². The molecule has 0 spiro atoms. The van der Waals surface area contributed by atoms with E-state index in [1.54, 1.807) is 24.3 Å². The quantitative estimate of drug-likeness (QED) is 0.659. The van der Waals surface area contributed by atoms with E-state index in [2.05, 4.69) is 18.2 Å². The van der Waals surface area contributed by atoms with Gasteiger partial charge in [-0.05, 0) is 55.0 Å². The fourth-order valence-corrected chi connectivity index (χ4v) is 4.31. The molecule has 0 saturated carbocycles. The molecule has 2 aliphatic heterocycles. The van der Waals surface area contributed by atoms with Gasteiger partial charge in [0.05, 0.1) is 39.4 Å². The Bertz CT molecular complexity index is 918. The molecule has 2 aromatic carbocycles. The molecule has 1 amide bonds. The second-order valence-electron chi connectivity index (χ2n) is 8.23. The van der Waals surface area contributed by atoms with Crippen LogP contribution < -0.4 is 14.4 Å². The Balaban J connectivity index is 1.20. The Morgan fingerprint density at radius 3 is 2.58 bits per heavy atom. The van der Waals surface area contributed by atoms with Crippen LogP contribution in [0.1, 0.15) is 41.3 Å². The predicted octanol–water partition coefficient (Wildman–Crippen LogP) is 1.91. The first-order valence-electron chi connectivity index (χ1n) is 11.2. The molecule has 1 N–H and O–H groups in total. The summed E-state index contributed by atoms with van der Waals surface area (Å²) in [6.07, 6.45) is 1.51. The maximum atomic E-state index is 12.6. The number of nitrogens with zero attached hydrogens (tertiary/aromatic N) is 1. The number of amides is 1. The smallest absolute Gasteiger partial charge is 0.223 e. The second kappa shape index (κ2) is 9.96. The number of ether oxygens (including phenoxy) is 2. The Hall–Kier alpha value is -2.86. The lowest BCUT2D eigenvalue weighted by Gasteiger charge is -2.32. The molecule has 6 heteroatoms. The number of hydrogen-bond donors (Lipinski definition) is 1. The van der Waals surface area contributed by atoms with E-state index in [9.17, 15) is 9.59 Å². The fourth-order valence-electron chi connectivity index (χ4n) is 4.31. The van der Waals surface area contributed by atoms with Crippen LogP contribution in [0.2, 0.25) is 0 Å². The number of benzene rings is 2. The Morgan fingerprint density at radius 1 is 1.06 bits per heavy atom. The van der Waals surface area contributed by atoms with E-state index in [4.69, 9.17) is 9.47 Å². The van der Waals surface area contributed by atoms with Gasteiger partial charge in [-0.2, -0.15) is 0 Å². The van der Waals surface area contributed by atoms with Crippen LogP contribution in [-0.4, -0.2) is 56.0 Å². The number of nitrogens with one attached hydrogen (secondary N) is 1. The van der Waals surface area contributed by atoms with Crippen molar-refractivity contribution >= 4 is 11.7 Å². The van der Waals surface area contributed by atoms with Gasteiger partial charge < -0.3 is 19.3 Å². The number of ketones is 1. The number of carbonyl (C=O) groups is 2. The maximum absolute atomic E-state index is 12.6. The van der Waals surface area contributed by atoms with E-state index in [1.807, 2.05) is 11.8 Å². The molecule has 164 valence electrons. The zero-order valence-electron chi connectivity index (χ0n) is 18.2. The molecule has 0 aromatic heterocycles. The summed E-state index contributed by atoms with van der Waals surface area (Å²) in [6, 6.07) is 13.6. The summed E-state index contributed by atoms with van der Waals surface area (Å²) in [5.41, 5.74) is 3.27. The number of rotatable bonds is 8. The molecule has 0 atom stereocenters. The third-order valence-electron chi connectivity index (χ3n) is 6.08. The number of Topliss-reactive ketones (excluding diaryl/α,β-unsaturated/α-hetero) is 1. The molecule has 2 aliphatic rings. The van der Waals surface area contributed by atoms with Crippen LogP contribution in [0.3, 0.4) is 0 Å². The Morgan fingerprint density at radius 2 is 1.84 bits per heavy atom. The van der Waals surface area contributed by atoms with E-state index < -0.39 is 0 Å². The van der Waals surface area contributed by atoms with Crippen LogP contribution in [0.5, 0.6) is 11.5 Å². The van der Waals surface area contributed by atoms with Gasteiger partial charge in [0.15, 0.2) is 5.78 Å². The predicted molar refractivity (Wildman–Crippen MR) is 118 cm³/mol. The van der Waals surface area contributed by atoms with Crippen LogP contribution in [0.15, 0.2) is 42.5 Å². The molecule has 1 fully saturated rings. The molecule has 31 heavy (non-hydrogen) atoms. The van der Waals surface area contributed by atoms with Gasteiger partial charge in [0, 0.05) is 30.4 Å². The molecule has 2 heterocycles. The van der Waals surface area contributed by atoms with E-state index in [1.165, 1.54) is 16.0 Å². The summed E-state index contributed by atoms with van der Waals surface area (Å²) in [5.74, 6) is 1.85. The van der Waals surface area contributed by atoms with Gasteiger partial charge in [-0.3, -0.25) is 9.59 Å². The zero-order chi connectivity index (χ0) is 21.6. The summed E-state index contributed by atoms with van der Waals surface area (Å²) in [5, 5.41) is 0. The highest BCUT2D eigenvalue weighted by Gasteiger charge is 2.24. The minimum Gasteiger partial charge on any atom is -0.494 e. The van der Waals surface area contributed by atoms with Gasteiger partial charge in [0.25, 0.3) is 0 Å². The standard InChI is InChI=1S/C25H30N2O4/c1-2-30-22-6-4-20(5-7-22)23(28)8-10-25(29)27-14-12-26(13-15-27)18-19-3-9-24-21(17-19)11-16-31-24/h3-7,9,17H,2,8,10-16,18H2,1H3/p+1. The summed E-state index contributed by atoms with van der Waals surface area (Å²) in [6.45, 7) is 7.66. The van der Waals surface area contributed by atoms with Crippen molar-refractivity contribution in [1.82, 2.24) is 4.90 Å². The number of quaternary nitrogens is 1. The minimum absolute atomic E-state index is 0.00116. The van der Waals surface area contributed by atoms with Crippen LogP contribution in [-0.2, 0) is 17.8 Å². The lowest BCUT2D eigenvalue weighted by Crippen LogP contribution is -3.13. The van der Waals surface area contributed by atoms with E-state index in [-0.39, 0.29) is 24.5 Å². The molecular weight excluding hydrogens is 392 g/mol. The van der Waals surface area contributed by atoms with Crippen molar-refractivity contribution in [3.63, 3.8) is 0 Å². The van der Waals surface area contributed by atoms with Gasteiger partial charge in [0.1, 0.15) is 18.0 Å². The summed E-state index contributed by atoms with van der Waals surface area (Å²) in [4.78, 5) is 28.4. The molecule has 2 aromatic rings. The van der Waals surface area contributed by atoms with Gasteiger partial charge in [-0.15, -0.1) is 0 Å². The molecular formula is C25H31N2O4+. The van der Waals surface area contributed by atoms with E-state index in [0.29, 0.717) is 12.2 Å². The highest BCUT2D eigenvalue weighted by Crippen LogP contribution is 2.25. The lowest BCUT2D eigenvalue weighted by molar-refractivity contribution is -0.917. The third-order valence-corrected chi connectivity index (χ3v) is 6.08. The summed E-state index contributed by atoms with van der Waals surface area (Å²) in [7, 11) is 0. The van der Waals surface area contributed by atoms with E-state index >= 15 is 0 Å². The molecule has 1 saturated heterocycles. The van der Waals surface area contributed by atoms with Gasteiger partial charge in [0.2, 0.25) is 5.91 Å². The monoisotopic (exact) mass is 423 g/mol. The van der Waals surface area contributed by atoms with Crippen LogP contribution in [0.25, 0.3) is 0 Å². The largest absolute Gasteiger partial charge is 0.494 e. The van der Waals surface area contributed by atoms with Crippen molar-refractivity contribution < 1.29 is 24.0 Å². The van der Waals surface area contributed by atoms with Crippen LogP contribution in [0, 0.1) is 0 Å². The first-order valence-corrected chi connectivity index (χ1v) is 11.2. The molecule has 0 bridgehead atoms. The van der Waals surface area contributed by atoms with Crippen molar-refractivity contribution in [2.75, 3.05) is 39.4 Å².